The van der Waals surface area contributed by atoms with Crippen LogP contribution in [0.15, 0.2) is 36.5 Å². The summed E-state index contributed by atoms with van der Waals surface area (Å²) in [7, 11) is 1.64. The molecule has 4 heteroatoms. The van der Waals surface area contributed by atoms with Crippen LogP contribution in [0, 0.1) is 18.3 Å². The first-order chi connectivity index (χ1) is 8.74. The largest absolute Gasteiger partial charge is 0.496 e. The summed E-state index contributed by atoms with van der Waals surface area (Å²) in [6.45, 7) is 1.97. The zero-order valence-corrected chi connectivity index (χ0v) is 10.3. The normalized spacial score (nSPS) is 9.61. The van der Waals surface area contributed by atoms with Crippen LogP contribution in [-0.2, 0) is 0 Å². The second kappa shape index (κ2) is 5.19. The summed E-state index contributed by atoms with van der Waals surface area (Å²) < 4.78 is 5.20. The molecule has 0 aliphatic rings. The molecule has 1 aromatic heterocycles. The maximum Gasteiger partial charge on any atom is 0.148 e. The van der Waals surface area contributed by atoms with Crippen LogP contribution < -0.4 is 10.1 Å². The fraction of sp³-hybridized carbons (Fsp3) is 0.143. The number of anilines is 2. The molecular weight excluding hydrogens is 226 g/mol. The minimum absolute atomic E-state index is 0.519. The van der Waals surface area contributed by atoms with Crippen LogP contribution in [0.3, 0.4) is 0 Å². The Bertz CT molecular complexity index is 602. The van der Waals surface area contributed by atoms with Gasteiger partial charge in [-0.15, -0.1) is 0 Å². The molecule has 90 valence electrons. The fourth-order valence-electron chi connectivity index (χ4n) is 1.69. The first-order valence-corrected chi connectivity index (χ1v) is 5.51. The second-order valence-electron chi connectivity index (χ2n) is 3.82. The van der Waals surface area contributed by atoms with E-state index in [2.05, 4.69) is 16.4 Å². The lowest BCUT2D eigenvalue weighted by Crippen LogP contribution is -1.97. The van der Waals surface area contributed by atoms with E-state index in [1.807, 2.05) is 25.1 Å². The number of hydrogen-bond acceptors (Lipinski definition) is 4. The number of nitrogens with one attached hydrogen (secondary N) is 1. The minimum Gasteiger partial charge on any atom is -0.496 e. The monoisotopic (exact) mass is 239 g/mol. The summed E-state index contributed by atoms with van der Waals surface area (Å²) >= 11 is 0. The number of hydrogen-bond donors (Lipinski definition) is 1. The van der Waals surface area contributed by atoms with Crippen molar-refractivity contribution in [2.75, 3.05) is 12.4 Å². The summed E-state index contributed by atoms with van der Waals surface area (Å²) in [6.07, 6.45) is 1.65. The van der Waals surface area contributed by atoms with E-state index >= 15 is 0 Å². The Morgan fingerprint density at radius 3 is 2.83 bits per heavy atom. The van der Waals surface area contributed by atoms with E-state index in [1.54, 1.807) is 25.4 Å². The topological polar surface area (TPSA) is 57.9 Å². The number of pyridine rings is 1. The van der Waals surface area contributed by atoms with Gasteiger partial charge in [-0.2, -0.15) is 5.26 Å². The van der Waals surface area contributed by atoms with Crippen molar-refractivity contribution in [3.8, 4) is 11.8 Å². The number of methoxy groups -OCH3 is 1. The van der Waals surface area contributed by atoms with Crippen molar-refractivity contribution in [3.63, 3.8) is 0 Å². The Kier molecular flexibility index (Phi) is 3.44. The van der Waals surface area contributed by atoms with E-state index in [0.717, 1.165) is 17.0 Å². The molecule has 0 saturated heterocycles. The maximum absolute atomic E-state index is 8.98. The number of aryl methyl sites for hydroxylation is 1. The molecule has 2 aromatic rings. The van der Waals surface area contributed by atoms with Gasteiger partial charge in [-0.1, -0.05) is 0 Å². The second-order valence-corrected chi connectivity index (χ2v) is 3.82. The Labute approximate surface area is 106 Å². The standard InChI is InChI=1S/C14H13N3O/c1-10-8-12(5-6-13(10)18-2)17-14-11(9-15)4-3-7-16-14/h3-8H,1-2H3,(H,16,17). The molecule has 0 atom stereocenters. The van der Waals surface area contributed by atoms with Gasteiger partial charge in [0.25, 0.3) is 0 Å². The van der Waals surface area contributed by atoms with E-state index in [0.29, 0.717) is 11.4 Å². The molecule has 1 aromatic carbocycles. The van der Waals surface area contributed by atoms with Gasteiger partial charge in [0.15, 0.2) is 0 Å². The van der Waals surface area contributed by atoms with Gasteiger partial charge in [-0.25, -0.2) is 4.98 Å². The molecule has 1 N–H and O–H groups in total. The van der Waals surface area contributed by atoms with E-state index in [-0.39, 0.29) is 0 Å². The fourth-order valence-corrected chi connectivity index (χ4v) is 1.69. The number of nitriles is 1. The molecule has 0 aliphatic heterocycles. The van der Waals surface area contributed by atoms with Crippen LogP contribution in [-0.4, -0.2) is 12.1 Å². The highest BCUT2D eigenvalue weighted by Gasteiger charge is 2.04. The highest BCUT2D eigenvalue weighted by Crippen LogP contribution is 2.24. The van der Waals surface area contributed by atoms with Crippen LogP contribution in [0.25, 0.3) is 0 Å². The van der Waals surface area contributed by atoms with Crippen LogP contribution in [0.1, 0.15) is 11.1 Å². The summed E-state index contributed by atoms with van der Waals surface area (Å²) in [6, 6.07) is 11.3. The van der Waals surface area contributed by atoms with Crippen molar-refractivity contribution >= 4 is 11.5 Å². The molecule has 4 nitrogen and oxygen atoms in total. The Hall–Kier alpha value is -2.54. The van der Waals surface area contributed by atoms with E-state index < -0.39 is 0 Å². The van der Waals surface area contributed by atoms with Gasteiger partial charge in [0.05, 0.1) is 12.7 Å². The van der Waals surface area contributed by atoms with E-state index in [9.17, 15) is 0 Å². The van der Waals surface area contributed by atoms with Gasteiger partial charge in [0.1, 0.15) is 17.6 Å². The highest BCUT2D eigenvalue weighted by atomic mass is 16.5. The smallest absolute Gasteiger partial charge is 0.148 e. The van der Waals surface area contributed by atoms with Crippen molar-refractivity contribution in [2.24, 2.45) is 0 Å². The molecule has 0 bridgehead atoms. The quantitative estimate of drug-likeness (QED) is 0.894. The van der Waals surface area contributed by atoms with Crippen molar-refractivity contribution < 1.29 is 4.74 Å². The third-order valence-electron chi connectivity index (χ3n) is 2.59. The third-order valence-corrected chi connectivity index (χ3v) is 2.59. The molecule has 1 heterocycles. The Morgan fingerprint density at radius 2 is 2.17 bits per heavy atom. The maximum atomic E-state index is 8.98. The van der Waals surface area contributed by atoms with Crippen LogP contribution in [0.5, 0.6) is 5.75 Å². The number of ether oxygens (including phenoxy) is 1. The van der Waals surface area contributed by atoms with Gasteiger partial charge >= 0.3 is 0 Å². The molecule has 0 saturated carbocycles. The molecule has 18 heavy (non-hydrogen) atoms. The number of rotatable bonds is 3. The van der Waals surface area contributed by atoms with Crippen molar-refractivity contribution in [2.45, 2.75) is 6.92 Å². The zero-order valence-electron chi connectivity index (χ0n) is 10.3. The van der Waals surface area contributed by atoms with Crippen molar-refractivity contribution in [1.82, 2.24) is 4.98 Å². The lowest BCUT2D eigenvalue weighted by molar-refractivity contribution is 0.412. The van der Waals surface area contributed by atoms with Crippen LogP contribution in [0.4, 0.5) is 11.5 Å². The number of benzene rings is 1. The predicted molar refractivity (Wildman–Crippen MR) is 70.0 cm³/mol. The summed E-state index contributed by atoms with van der Waals surface area (Å²) in [4.78, 5) is 4.15. The third kappa shape index (κ3) is 2.41. The molecule has 0 unspecified atom stereocenters. The minimum atomic E-state index is 0.519. The lowest BCUT2D eigenvalue weighted by atomic mass is 10.2. The summed E-state index contributed by atoms with van der Waals surface area (Å²) in [5.74, 6) is 1.40. The number of nitrogens with zero attached hydrogens (tertiary/aromatic N) is 2. The summed E-state index contributed by atoms with van der Waals surface area (Å²) in [5, 5.41) is 12.1. The molecule has 0 radical (unpaired) electrons. The first-order valence-electron chi connectivity index (χ1n) is 5.51. The Balaban J connectivity index is 2.29. The predicted octanol–water partition coefficient (Wildman–Crippen LogP) is 3.01. The van der Waals surface area contributed by atoms with Crippen molar-refractivity contribution in [1.29, 1.82) is 5.26 Å². The SMILES string of the molecule is COc1ccc(Nc2ncccc2C#N)cc1C. The van der Waals surface area contributed by atoms with Crippen molar-refractivity contribution in [3.05, 3.63) is 47.7 Å². The Morgan fingerprint density at radius 1 is 1.33 bits per heavy atom. The zero-order chi connectivity index (χ0) is 13.0. The van der Waals surface area contributed by atoms with Gasteiger partial charge < -0.3 is 10.1 Å². The average molecular weight is 239 g/mol. The number of aromatic nitrogens is 1. The molecule has 0 spiro atoms. The van der Waals surface area contributed by atoms with Gasteiger partial charge in [0, 0.05) is 11.9 Å². The van der Waals surface area contributed by atoms with Crippen LogP contribution in [0.2, 0.25) is 0 Å². The molecular formula is C14H13N3O. The molecule has 2 rings (SSSR count). The lowest BCUT2D eigenvalue weighted by Gasteiger charge is -2.10. The van der Waals surface area contributed by atoms with Gasteiger partial charge in [-0.3, -0.25) is 0 Å². The average Bonchev–Trinajstić information content (AvgIpc) is 2.39. The summed E-state index contributed by atoms with van der Waals surface area (Å²) in [5.41, 5.74) is 2.42. The van der Waals surface area contributed by atoms with Gasteiger partial charge in [-0.05, 0) is 42.8 Å². The highest BCUT2D eigenvalue weighted by molar-refractivity contribution is 5.63. The van der Waals surface area contributed by atoms with Crippen LogP contribution >= 0.6 is 0 Å². The van der Waals surface area contributed by atoms with Gasteiger partial charge in [0.2, 0.25) is 0 Å². The molecule has 0 aliphatic carbocycles. The first kappa shape index (κ1) is 11.9. The van der Waals surface area contributed by atoms with E-state index in [1.165, 1.54) is 0 Å². The molecule has 0 amide bonds. The molecule has 0 fully saturated rings. The van der Waals surface area contributed by atoms with E-state index in [4.69, 9.17) is 10.00 Å².